The van der Waals surface area contributed by atoms with Crippen molar-refractivity contribution >= 4 is 5.57 Å². The number of hydrogen-bond donors (Lipinski definition) is 1. The molecule has 0 aliphatic heterocycles. The molecule has 0 aromatic heterocycles. The van der Waals surface area contributed by atoms with Crippen LogP contribution in [0.1, 0.15) is 32.3 Å². The molecule has 0 fully saturated rings. The van der Waals surface area contributed by atoms with Gasteiger partial charge in [-0.3, -0.25) is 0 Å². The Hall–Kier alpha value is -1.50. The summed E-state index contributed by atoms with van der Waals surface area (Å²) in [5.41, 5.74) is 3.23. The summed E-state index contributed by atoms with van der Waals surface area (Å²) in [6, 6.07) is 7.42. The lowest BCUT2D eigenvalue weighted by molar-refractivity contribution is 0.473. The first-order valence-corrected chi connectivity index (χ1v) is 5.20. The van der Waals surface area contributed by atoms with Crippen LogP contribution in [-0.4, -0.2) is 5.11 Å². The summed E-state index contributed by atoms with van der Waals surface area (Å²) in [6.45, 7) is 7.92. The molecule has 0 amide bonds. The monoisotopic (exact) mass is 202 g/mol. The number of allylic oxidation sites excluding steroid dienone is 3. The van der Waals surface area contributed by atoms with Gasteiger partial charge in [-0.2, -0.15) is 0 Å². The Morgan fingerprint density at radius 2 is 2.00 bits per heavy atom. The largest absolute Gasteiger partial charge is 0.507 e. The van der Waals surface area contributed by atoms with Crippen molar-refractivity contribution < 1.29 is 5.11 Å². The van der Waals surface area contributed by atoms with Crippen LogP contribution < -0.4 is 0 Å². The summed E-state index contributed by atoms with van der Waals surface area (Å²) in [4.78, 5) is 0. The minimum atomic E-state index is 0.349. The van der Waals surface area contributed by atoms with Crippen LogP contribution in [0.4, 0.5) is 0 Å². The minimum absolute atomic E-state index is 0.349. The molecular weight excluding hydrogens is 184 g/mol. The Balaban J connectivity index is 2.72. The highest BCUT2D eigenvalue weighted by Gasteiger charge is 2.00. The second-order valence-corrected chi connectivity index (χ2v) is 3.90. The van der Waals surface area contributed by atoms with E-state index in [1.54, 1.807) is 6.07 Å². The van der Waals surface area contributed by atoms with Gasteiger partial charge in [-0.15, -0.1) is 6.58 Å². The standard InChI is InChI=1S/C14H18O/c1-11(2)7-6-8-12(3)13-9-4-5-10-14(13)15/h4-5,8-10,15H,1,6-7H2,2-3H3/b12-8+. The van der Waals surface area contributed by atoms with E-state index >= 15 is 0 Å². The number of benzene rings is 1. The molecule has 1 aromatic carbocycles. The van der Waals surface area contributed by atoms with E-state index < -0.39 is 0 Å². The summed E-state index contributed by atoms with van der Waals surface area (Å²) < 4.78 is 0. The van der Waals surface area contributed by atoms with Gasteiger partial charge < -0.3 is 5.11 Å². The summed E-state index contributed by atoms with van der Waals surface area (Å²) in [6.07, 6.45) is 4.13. The molecule has 0 aliphatic carbocycles. The van der Waals surface area contributed by atoms with E-state index in [4.69, 9.17) is 0 Å². The maximum Gasteiger partial charge on any atom is 0.123 e. The van der Waals surface area contributed by atoms with Crippen LogP contribution in [0, 0.1) is 0 Å². The molecule has 1 aromatic rings. The van der Waals surface area contributed by atoms with Crippen LogP contribution in [-0.2, 0) is 0 Å². The van der Waals surface area contributed by atoms with Crippen LogP contribution >= 0.6 is 0 Å². The van der Waals surface area contributed by atoms with Gasteiger partial charge in [-0.05, 0) is 38.3 Å². The first-order chi connectivity index (χ1) is 7.11. The topological polar surface area (TPSA) is 20.2 Å². The van der Waals surface area contributed by atoms with Gasteiger partial charge in [0, 0.05) is 5.56 Å². The molecule has 0 aliphatic rings. The van der Waals surface area contributed by atoms with E-state index in [1.807, 2.05) is 32.0 Å². The number of aromatic hydroxyl groups is 1. The second-order valence-electron chi connectivity index (χ2n) is 3.90. The summed E-state index contributed by atoms with van der Waals surface area (Å²) in [5.74, 6) is 0.349. The Morgan fingerprint density at radius 3 is 2.60 bits per heavy atom. The van der Waals surface area contributed by atoms with Crippen molar-refractivity contribution in [2.45, 2.75) is 26.7 Å². The zero-order valence-electron chi connectivity index (χ0n) is 9.46. The predicted molar refractivity (Wildman–Crippen MR) is 65.8 cm³/mol. The van der Waals surface area contributed by atoms with E-state index in [0.717, 1.165) is 24.0 Å². The smallest absolute Gasteiger partial charge is 0.123 e. The molecule has 80 valence electrons. The highest BCUT2D eigenvalue weighted by Crippen LogP contribution is 2.24. The molecule has 1 N–H and O–H groups in total. The third-order valence-corrected chi connectivity index (χ3v) is 2.35. The van der Waals surface area contributed by atoms with Gasteiger partial charge in [0.25, 0.3) is 0 Å². The van der Waals surface area contributed by atoms with Gasteiger partial charge >= 0.3 is 0 Å². The molecule has 15 heavy (non-hydrogen) atoms. The molecule has 0 radical (unpaired) electrons. The number of para-hydroxylation sites is 1. The van der Waals surface area contributed by atoms with Crippen molar-refractivity contribution in [3.63, 3.8) is 0 Å². The second kappa shape index (κ2) is 5.40. The Labute approximate surface area is 91.8 Å². The average Bonchev–Trinajstić information content (AvgIpc) is 2.17. The highest BCUT2D eigenvalue weighted by molar-refractivity contribution is 5.68. The average molecular weight is 202 g/mol. The summed E-state index contributed by atoms with van der Waals surface area (Å²) in [5, 5.41) is 9.63. The van der Waals surface area contributed by atoms with Crippen LogP contribution in [0.25, 0.3) is 5.57 Å². The molecule has 0 unspecified atom stereocenters. The molecule has 1 heteroatoms. The van der Waals surface area contributed by atoms with Crippen molar-refractivity contribution in [2.24, 2.45) is 0 Å². The van der Waals surface area contributed by atoms with Gasteiger partial charge in [0.2, 0.25) is 0 Å². The normalized spacial score (nSPS) is 11.5. The first kappa shape index (κ1) is 11.6. The van der Waals surface area contributed by atoms with Gasteiger partial charge in [-0.25, -0.2) is 0 Å². The van der Waals surface area contributed by atoms with Crippen LogP contribution in [0.15, 0.2) is 42.5 Å². The fourth-order valence-corrected chi connectivity index (χ4v) is 1.45. The number of phenolic OH excluding ortho intramolecular Hbond substituents is 1. The van der Waals surface area contributed by atoms with E-state index in [1.165, 1.54) is 5.57 Å². The lowest BCUT2D eigenvalue weighted by Crippen LogP contribution is -1.81. The van der Waals surface area contributed by atoms with Crippen molar-refractivity contribution in [3.05, 3.63) is 48.1 Å². The minimum Gasteiger partial charge on any atom is -0.507 e. The summed E-state index contributed by atoms with van der Waals surface area (Å²) >= 11 is 0. The Kier molecular flexibility index (Phi) is 4.17. The fourth-order valence-electron chi connectivity index (χ4n) is 1.45. The number of phenols is 1. The third-order valence-electron chi connectivity index (χ3n) is 2.35. The molecule has 0 spiro atoms. The molecule has 1 nitrogen and oxygen atoms in total. The van der Waals surface area contributed by atoms with Gasteiger partial charge in [0.1, 0.15) is 5.75 Å². The van der Waals surface area contributed by atoms with Crippen LogP contribution in [0.5, 0.6) is 5.75 Å². The number of hydrogen-bond acceptors (Lipinski definition) is 1. The molecule has 0 saturated carbocycles. The maximum atomic E-state index is 9.63. The quantitative estimate of drug-likeness (QED) is 0.727. The molecular formula is C14H18O. The van der Waals surface area contributed by atoms with Crippen LogP contribution in [0.3, 0.4) is 0 Å². The van der Waals surface area contributed by atoms with Crippen LogP contribution in [0.2, 0.25) is 0 Å². The van der Waals surface area contributed by atoms with Gasteiger partial charge in [0.15, 0.2) is 0 Å². The first-order valence-electron chi connectivity index (χ1n) is 5.20. The van der Waals surface area contributed by atoms with Crippen molar-refractivity contribution in [3.8, 4) is 5.75 Å². The van der Waals surface area contributed by atoms with Crippen molar-refractivity contribution in [2.75, 3.05) is 0 Å². The molecule has 1 rings (SSSR count). The van der Waals surface area contributed by atoms with Crippen molar-refractivity contribution in [1.82, 2.24) is 0 Å². The van der Waals surface area contributed by atoms with E-state index in [0.29, 0.717) is 5.75 Å². The predicted octanol–water partition coefficient (Wildman–Crippen LogP) is 4.15. The van der Waals surface area contributed by atoms with Crippen molar-refractivity contribution in [1.29, 1.82) is 0 Å². The molecule has 0 heterocycles. The third kappa shape index (κ3) is 3.62. The maximum absolute atomic E-state index is 9.63. The summed E-state index contributed by atoms with van der Waals surface area (Å²) in [7, 11) is 0. The molecule has 0 atom stereocenters. The van der Waals surface area contributed by atoms with E-state index in [9.17, 15) is 5.11 Å². The lowest BCUT2D eigenvalue weighted by atomic mass is 10.0. The Morgan fingerprint density at radius 1 is 1.33 bits per heavy atom. The van der Waals surface area contributed by atoms with Gasteiger partial charge in [0.05, 0.1) is 0 Å². The molecule has 0 bridgehead atoms. The SMILES string of the molecule is C=C(C)CC/C=C(\C)c1ccccc1O. The van der Waals surface area contributed by atoms with E-state index in [2.05, 4.69) is 12.7 Å². The zero-order valence-corrected chi connectivity index (χ0v) is 9.46. The highest BCUT2D eigenvalue weighted by atomic mass is 16.3. The van der Waals surface area contributed by atoms with Gasteiger partial charge in [-0.1, -0.05) is 29.8 Å². The Bertz CT molecular complexity index is 375. The lowest BCUT2D eigenvalue weighted by Gasteiger charge is -2.04. The molecule has 0 saturated heterocycles. The number of rotatable bonds is 4. The fraction of sp³-hybridized carbons (Fsp3) is 0.286. The zero-order chi connectivity index (χ0) is 11.3. The van der Waals surface area contributed by atoms with E-state index in [-0.39, 0.29) is 0 Å².